The Bertz CT molecular complexity index is 935. The zero-order chi connectivity index (χ0) is 24.0. The number of nitrogens with zero attached hydrogens (tertiary/aromatic N) is 2. The first-order valence-electron chi connectivity index (χ1n) is 11.9. The summed E-state index contributed by atoms with van der Waals surface area (Å²) in [4.78, 5) is 29.6. The Labute approximate surface area is 197 Å². The van der Waals surface area contributed by atoms with E-state index < -0.39 is 6.04 Å². The van der Waals surface area contributed by atoms with Crippen LogP contribution in [0.15, 0.2) is 48.5 Å². The Kier molecular flexibility index (Phi) is 8.50. The number of amides is 2. The molecule has 1 unspecified atom stereocenters. The number of carbonyl (C=O) groups is 2. The van der Waals surface area contributed by atoms with E-state index in [0.29, 0.717) is 38.2 Å². The molecule has 6 heteroatoms. The molecule has 178 valence electrons. The summed E-state index contributed by atoms with van der Waals surface area (Å²) >= 11 is 0. The lowest BCUT2D eigenvalue weighted by molar-refractivity contribution is -0.139. The maximum atomic E-state index is 13.2. The lowest BCUT2D eigenvalue weighted by Gasteiger charge is -2.36. The van der Waals surface area contributed by atoms with Gasteiger partial charge in [0.2, 0.25) is 11.8 Å². The lowest BCUT2D eigenvalue weighted by atomic mass is 9.91. The quantitative estimate of drug-likeness (QED) is 0.627. The molecule has 1 N–H and O–H groups in total. The van der Waals surface area contributed by atoms with Crippen molar-refractivity contribution < 1.29 is 14.3 Å². The summed E-state index contributed by atoms with van der Waals surface area (Å²) < 4.78 is 5.98. The van der Waals surface area contributed by atoms with Crippen molar-refractivity contribution in [2.24, 2.45) is 0 Å². The SMILES string of the molecule is CC(=O)N1CCc2cc(OCc3ccccc3)ccc2C1C(=O)NCCN(C(C)C)C(C)C. The van der Waals surface area contributed by atoms with Gasteiger partial charge in [0.05, 0.1) is 0 Å². The average Bonchev–Trinajstić information content (AvgIpc) is 2.79. The van der Waals surface area contributed by atoms with Crippen LogP contribution in [0.3, 0.4) is 0 Å². The van der Waals surface area contributed by atoms with Crippen molar-refractivity contribution in [1.82, 2.24) is 15.1 Å². The highest BCUT2D eigenvalue weighted by Crippen LogP contribution is 2.32. The van der Waals surface area contributed by atoms with E-state index in [0.717, 1.165) is 29.0 Å². The molecule has 1 aliphatic rings. The van der Waals surface area contributed by atoms with Crippen LogP contribution in [0, 0.1) is 0 Å². The minimum Gasteiger partial charge on any atom is -0.489 e. The molecule has 0 aromatic heterocycles. The van der Waals surface area contributed by atoms with Crippen molar-refractivity contribution >= 4 is 11.8 Å². The minimum atomic E-state index is -0.610. The standard InChI is InChI=1S/C27H37N3O3/c1-19(2)29(20(3)4)16-14-28-27(32)26-25-12-11-24(33-18-22-9-7-6-8-10-22)17-23(25)13-15-30(26)21(5)31/h6-12,17,19-20,26H,13-16,18H2,1-5H3,(H,28,32). The Balaban J connectivity index is 1.72. The Morgan fingerprint density at radius 3 is 2.42 bits per heavy atom. The second-order valence-corrected chi connectivity index (χ2v) is 9.22. The Hall–Kier alpha value is -2.86. The van der Waals surface area contributed by atoms with Crippen LogP contribution in [0.5, 0.6) is 5.75 Å². The molecule has 0 saturated heterocycles. The molecule has 1 atom stereocenters. The summed E-state index contributed by atoms with van der Waals surface area (Å²) in [6, 6.07) is 16.1. The summed E-state index contributed by atoms with van der Waals surface area (Å²) in [5.41, 5.74) is 3.04. The van der Waals surface area contributed by atoms with Crippen molar-refractivity contribution in [3.8, 4) is 5.75 Å². The average molecular weight is 452 g/mol. The van der Waals surface area contributed by atoms with Gasteiger partial charge in [-0.25, -0.2) is 0 Å². The van der Waals surface area contributed by atoms with Crippen molar-refractivity contribution in [2.75, 3.05) is 19.6 Å². The van der Waals surface area contributed by atoms with E-state index in [-0.39, 0.29) is 11.8 Å². The predicted octanol–water partition coefficient (Wildman–Crippen LogP) is 3.95. The number of fused-ring (bicyclic) bond motifs is 1. The molecule has 2 aromatic rings. The number of benzene rings is 2. The molecule has 6 nitrogen and oxygen atoms in total. The summed E-state index contributed by atoms with van der Waals surface area (Å²) in [7, 11) is 0. The van der Waals surface area contributed by atoms with Crippen molar-refractivity contribution in [3.63, 3.8) is 0 Å². The van der Waals surface area contributed by atoms with E-state index in [9.17, 15) is 9.59 Å². The maximum Gasteiger partial charge on any atom is 0.247 e. The molecule has 2 aromatic carbocycles. The molecule has 3 rings (SSSR count). The van der Waals surface area contributed by atoms with Gasteiger partial charge in [-0.3, -0.25) is 14.5 Å². The van der Waals surface area contributed by atoms with E-state index in [2.05, 4.69) is 37.9 Å². The smallest absolute Gasteiger partial charge is 0.247 e. The van der Waals surface area contributed by atoms with Crippen LogP contribution in [-0.4, -0.2) is 53.3 Å². The molecule has 0 saturated carbocycles. The van der Waals surface area contributed by atoms with Crippen LogP contribution < -0.4 is 10.1 Å². The molecule has 0 spiro atoms. The predicted molar refractivity (Wildman–Crippen MR) is 131 cm³/mol. The Morgan fingerprint density at radius 1 is 1.09 bits per heavy atom. The highest BCUT2D eigenvalue weighted by atomic mass is 16.5. The summed E-state index contributed by atoms with van der Waals surface area (Å²) in [6.45, 7) is 12.5. The van der Waals surface area contributed by atoms with E-state index in [1.54, 1.807) is 4.90 Å². The maximum absolute atomic E-state index is 13.2. The molecule has 0 radical (unpaired) electrons. The fourth-order valence-corrected chi connectivity index (χ4v) is 4.57. The summed E-state index contributed by atoms with van der Waals surface area (Å²) in [5, 5.41) is 3.07. The van der Waals surface area contributed by atoms with Gasteiger partial charge in [-0.05, 0) is 62.9 Å². The molecule has 33 heavy (non-hydrogen) atoms. The topological polar surface area (TPSA) is 61.9 Å². The molecule has 0 bridgehead atoms. The molecule has 1 heterocycles. The molecule has 1 aliphatic heterocycles. The monoisotopic (exact) mass is 451 g/mol. The van der Waals surface area contributed by atoms with Crippen molar-refractivity contribution in [3.05, 3.63) is 65.2 Å². The van der Waals surface area contributed by atoms with Crippen LogP contribution in [0.1, 0.15) is 57.4 Å². The highest BCUT2D eigenvalue weighted by molar-refractivity contribution is 5.89. The van der Waals surface area contributed by atoms with Gasteiger partial charge in [-0.15, -0.1) is 0 Å². The van der Waals surface area contributed by atoms with Gasteiger partial charge < -0.3 is 15.0 Å². The van der Waals surface area contributed by atoms with E-state index in [4.69, 9.17) is 4.74 Å². The Morgan fingerprint density at radius 2 is 1.79 bits per heavy atom. The molecule has 0 fully saturated rings. The van der Waals surface area contributed by atoms with Gasteiger partial charge in [0.25, 0.3) is 0 Å². The van der Waals surface area contributed by atoms with Crippen molar-refractivity contribution in [1.29, 1.82) is 0 Å². The normalized spacial score (nSPS) is 15.6. The molecular weight excluding hydrogens is 414 g/mol. The summed E-state index contributed by atoms with van der Waals surface area (Å²) in [5.74, 6) is 0.560. The largest absolute Gasteiger partial charge is 0.489 e. The second kappa shape index (κ2) is 11.3. The number of nitrogens with one attached hydrogen (secondary N) is 1. The molecule has 0 aliphatic carbocycles. The summed E-state index contributed by atoms with van der Waals surface area (Å²) in [6.07, 6.45) is 0.704. The van der Waals surface area contributed by atoms with Gasteiger partial charge in [0.1, 0.15) is 18.4 Å². The number of rotatable bonds is 9. The third-order valence-corrected chi connectivity index (χ3v) is 6.24. The highest BCUT2D eigenvalue weighted by Gasteiger charge is 2.34. The molecule has 2 amide bonds. The number of ether oxygens (including phenoxy) is 1. The van der Waals surface area contributed by atoms with Gasteiger partial charge in [0, 0.05) is 38.6 Å². The van der Waals surface area contributed by atoms with Gasteiger partial charge in [0.15, 0.2) is 0 Å². The van der Waals surface area contributed by atoms with Crippen LogP contribution >= 0.6 is 0 Å². The minimum absolute atomic E-state index is 0.0869. The fourth-order valence-electron chi connectivity index (χ4n) is 4.57. The third kappa shape index (κ3) is 6.35. The zero-order valence-electron chi connectivity index (χ0n) is 20.5. The lowest BCUT2D eigenvalue weighted by Crippen LogP contribution is -2.48. The van der Waals surface area contributed by atoms with E-state index in [1.807, 2.05) is 48.5 Å². The van der Waals surface area contributed by atoms with Crippen LogP contribution in [0.25, 0.3) is 0 Å². The second-order valence-electron chi connectivity index (χ2n) is 9.22. The third-order valence-electron chi connectivity index (χ3n) is 6.24. The first-order chi connectivity index (χ1) is 15.8. The van der Waals surface area contributed by atoms with Gasteiger partial charge >= 0.3 is 0 Å². The first-order valence-corrected chi connectivity index (χ1v) is 11.9. The molecular formula is C27H37N3O3. The van der Waals surface area contributed by atoms with Crippen LogP contribution in [0.2, 0.25) is 0 Å². The van der Waals surface area contributed by atoms with Crippen LogP contribution in [0.4, 0.5) is 0 Å². The first kappa shape index (κ1) is 24.8. The van der Waals surface area contributed by atoms with E-state index >= 15 is 0 Å². The fraction of sp³-hybridized carbons (Fsp3) is 0.481. The van der Waals surface area contributed by atoms with E-state index in [1.165, 1.54) is 6.92 Å². The number of hydrogen-bond acceptors (Lipinski definition) is 4. The van der Waals surface area contributed by atoms with Gasteiger partial charge in [-0.2, -0.15) is 0 Å². The van der Waals surface area contributed by atoms with Crippen LogP contribution in [-0.2, 0) is 22.6 Å². The number of carbonyl (C=O) groups excluding carboxylic acids is 2. The zero-order valence-corrected chi connectivity index (χ0v) is 20.5. The van der Waals surface area contributed by atoms with Crippen molar-refractivity contribution in [2.45, 2.75) is 65.8 Å². The number of hydrogen-bond donors (Lipinski definition) is 1. The van der Waals surface area contributed by atoms with Gasteiger partial charge in [-0.1, -0.05) is 36.4 Å².